The number of imidazole rings is 1. The van der Waals surface area contributed by atoms with Crippen molar-refractivity contribution >= 4 is 0 Å². The first-order valence-electron chi connectivity index (χ1n) is 7.73. The van der Waals surface area contributed by atoms with Crippen LogP contribution in [0.3, 0.4) is 0 Å². The van der Waals surface area contributed by atoms with Gasteiger partial charge in [0.25, 0.3) is 0 Å². The molecule has 21 heavy (non-hydrogen) atoms. The summed E-state index contributed by atoms with van der Waals surface area (Å²) in [5, 5.41) is 8.29. The molecule has 0 bridgehead atoms. The van der Waals surface area contributed by atoms with Gasteiger partial charge in [-0.2, -0.15) is 5.10 Å². The molecule has 0 aromatic carbocycles. The van der Waals surface area contributed by atoms with Gasteiger partial charge in [0.1, 0.15) is 5.82 Å². The summed E-state index contributed by atoms with van der Waals surface area (Å²) in [6.07, 6.45) is 9.41. The van der Waals surface area contributed by atoms with Crippen molar-refractivity contribution in [1.29, 1.82) is 0 Å². The minimum atomic E-state index is 0.0507. The highest BCUT2D eigenvalue weighted by atomic mass is 15.3. The highest BCUT2D eigenvalue weighted by Gasteiger charge is 2.27. The lowest BCUT2D eigenvalue weighted by Gasteiger charge is -2.28. The molecule has 2 aromatic heterocycles. The third-order valence-corrected chi connectivity index (χ3v) is 4.25. The van der Waals surface area contributed by atoms with Crippen LogP contribution in [-0.2, 0) is 25.6 Å². The second kappa shape index (κ2) is 5.30. The Kier molecular flexibility index (Phi) is 3.61. The largest absolute Gasteiger partial charge is 0.337 e. The first kappa shape index (κ1) is 14.3. The minimum absolute atomic E-state index is 0.0507. The molecule has 3 rings (SSSR count). The fourth-order valence-electron chi connectivity index (χ4n) is 3.13. The van der Waals surface area contributed by atoms with Gasteiger partial charge in [0.2, 0.25) is 0 Å². The van der Waals surface area contributed by atoms with Gasteiger partial charge in [-0.05, 0) is 40.0 Å². The lowest BCUT2D eigenvalue weighted by Crippen LogP contribution is -2.29. The minimum Gasteiger partial charge on any atom is -0.337 e. The average Bonchev–Trinajstić information content (AvgIpc) is 3.02. The fourth-order valence-corrected chi connectivity index (χ4v) is 3.13. The summed E-state index contributed by atoms with van der Waals surface area (Å²) in [7, 11) is 2.04. The zero-order valence-corrected chi connectivity index (χ0v) is 13.4. The predicted molar refractivity (Wildman–Crippen MR) is 82.9 cm³/mol. The van der Waals surface area contributed by atoms with Crippen LogP contribution in [-0.4, -0.2) is 19.3 Å². The van der Waals surface area contributed by atoms with Crippen LogP contribution in [0.15, 0.2) is 18.6 Å². The molecule has 1 aliphatic rings. The van der Waals surface area contributed by atoms with Crippen LogP contribution in [0, 0.1) is 0 Å². The summed E-state index contributed by atoms with van der Waals surface area (Å²) >= 11 is 0. The number of nitrogens with one attached hydrogen (secondary N) is 1. The Morgan fingerprint density at radius 1 is 1.38 bits per heavy atom. The molecule has 5 heteroatoms. The normalized spacial score (nSPS) is 18.8. The third kappa shape index (κ3) is 2.75. The maximum absolute atomic E-state index is 4.64. The van der Waals surface area contributed by atoms with E-state index < -0.39 is 0 Å². The summed E-state index contributed by atoms with van der Waals surface area (Å²) in [5.74, 6) is 1.07. The number of aryl methyl sites for hydroxylation is 1. The van der Waals surface area contributed by atoms with Gasteiger partial charge in [-0.3, -0.25) is 4.68 Å². The second-order valence-electron chi connectivity index (χ2n) is 6.91. The van der Waals surface area contributed by atoms with E-state index in [2.05, 4.69) is 51.6 Å². The van der Waals surface area contributed by atoms with Crippen LogP contribution in [0.25, 0.3) is 0 Å². The molecular weight excluding hydrogens is 262 g/mol. The second-order valence-corrected chi connectivity index (χ2v) is 6.91. The van der Waals surface area contributed by atoms with E-state index in [9.17, 15) is 0 Å². The van der Waals surface area contributed by atoms with Gasteiger partial charge in [0.05, 0.1) is 18.3 Å². The molecule has 0 amide bonds. The molecule has 0 spiro atoms. The zero-order chi connectivity index (χ0) is 15.0. The van der Waals surface area contributed by atoms with E-state index in [-0.39, 0.29) is 5.54 Å². The molecule has 5 nitrogen and oxygen atoms in total. The topological polar surface area (TPSA) is 47.7 Å². The maximum atomic E-state index is 4.64. The van der Waals surface area contributed by atoms with E-state index in [1.807, 2.05) is 19.4 Å². The first-order valence-corrected chi connectivity index (χ1v) is 7.73. The molecule has 0 aliphatic heterocycles. The standard InChI is InChI=1S/C16H25N5/c1-16(2,3)21-14-7-5-6-13(12(14)10-19-21)18-11-15-17-8-9-20(15)4/h8-10,13,18H,5-7,11H2,1-4H3. The molecular formula is C16H25N5. The monoisotopic (exact) mass is 287 g/mol. The van der Waals surface area contributed by atoms with E-state index in [1.54, 1.807) is 0 Å². The molecule has 2 aromatic rings. The molecule has 0 saturated heterocycles. The summed E-state index contributed by atoms with van der Waals surface area (Å²) in [6, 6.07) is 0.390. The highest BCUT2D eigenvalue weighted by molar-refractivity contribution is 5.26. The Morgan fingerprint density at radius 2 is 2.19 bits per heavy atom. The van der Waals surface area contributed by atoms with Crippen LogP contribution in [0.2, 0.25) is 0 Å². The third-order valence-electron chi connectivity index (χ3n) is 4.25. The van der Waals surface area contributed by atoms with Crippen molar-refractivity contribution in [3.8, 4) is 0 Å². The number of rotatable bonds is 3. The summed E-state index contributed by atoms with van der Waals surface area (Å²) in [4.78, 5) is 4.38. The van der Waals surface area contributed by atoms with Gasteiger partial charge >= 0.3 is 0 Å². The van der Waals surface area contributed by atoms with Gasteiger partial charge in [0.15, 0.2) is 0 Å². The van der Waals surface area contributed by atoms with Gasteiger partial charge < -0.3 is 9.88 Å². The van der Waals surface area contributed by atoms with Crippen molar-refractivity contribution in [3.63, 3.8) is 0 Å². The Bertz CT molecular complexity index is 617. The van der Waals surface area contributed by atoms with Crippen LogP contribution in [0.1, 0.15) is 56.7 Å². The first-order chi connectivity index (χ1) is 9.97. The number of hydrogen-bond donors (Lipinski definition) is 1. The maximum Gasteiger partial charge on any atom is 0.122 e. The van der Waals surface area contributed by atoms with Crippen molar-refractivity contribution in [2.24, 2.45) is 7.05 Å². The number of hydrogen-bond acceptors (Lipinski definition) is 3. The van der Waals surface area contributed by atoms with Crippen molar-refractivity contribution < 1.29 is 0 Å². The Labute approximate surface area is 126 Å². The van der Waals surface area contributed by atoms with Gasteiger partial charge in [0, 0.05) is 36.7 Å². The quantitative estimate of drug-likeness (QED) is 0.943. The molecule has 0 radical (unpaired) electrons. The fraction of sp³-hybridized carbons (Fsp3) is 0.625. The lowest BCUT2D eigenvalue weighted by atomic mass is 9.92. The van der Waals surface area contributed by atoms with Gasteiger partial charge in [-0.25, -0.2) is 4.98 Å². The van der Waals surface area contributed by atoms with Crippen molar-refractivity contribution in [2.45, 2.75) is 58.2 Å². The molecule has 1 N–H and O–H groups in total. The molecule has 2 heterocycles. The van der Waals surface area contributed by atoms with Crippen molar-refractivity contribution in [2.75, 3.05) is 0 Å². The van der Waals surface area contributed by atoms with Gasteiger partial charge in [-0.1, -0.05) is 0 Å². The van der Waals surface area contributed by atoms with E-state index in [0.29, 0.717) is 6.04 Å². The van der Waals surface area contributed by atoms with Crippen molar-refractivity contribution in [1.82, 2.24) is 24.6 Å². The van der Waals surface area contributed by atoms with E-state index in [1.165, 1.54) is 24.1 Å². The van der Waals surface area contributed by atoms with E-state index >= 15 is 0 Å². The van der Waals surface area contributed by atoms with Gasteiger partial charge in [-0.15, -0.1) is 0 Å². The Morgan fingerprint density at radius 3 is 2.86 bits per heavy atom. The SMILES string of the molecule is Cn1ccnc1CNC1CCCc2c1cnn2C(C)(C)C. The molecule has 0 saturated carbocycles. The van der Waals surface area contributed by atoms with Crippen LogP contribution in [0.5, 0.6) is 0 Å². The predicted octanol–water partition coefficient (Wildman–Crippen LogP) is 2.54. The molecule has 114 valence electrons. The molecule has 0 fully saturated rings. The van der Waals surface area contributed by atoms with E-state index in [4.69, 9.17) is 0 Å². The lowest BCUT2D eigenvalue weighted by molar-refractivity contribution is 0.334. The zero-order valence-electron chi connectivity index (χ0n) is 13.4. The number of aromatic nitrogens is 4. The summed E-state index contributed by atoms with van der Waals surface area (Å²) in [6.45, 7) is 7.44. The Hall–Kier alpha value is -1.62. The number of nitrogens with zero attached hydrogens (tertiary/aromatic N) is 4. The van der Waals surface area contributed by atoms with Crippen molar-refractivity contribution in [3.05, 3.63) is 35.7 Å². The Balaban J connectivity index is 1.78. The van der Waals surface area contributed by atoms with Crippen LogP contribution >= 0.6 is 0 Å². The average molecular weight is 287 g/mol. The van der Waals surface area contributed by atoms with E-state index in [0.717, 1.165) is 18.8 Å². The summed E-state index contributed by atoms with van der Waals surface area (Å²) in [5.41, 5.74) is 2.81. The smallest absolute Gasteiger partial charge is 0.122 e. The molecule has 1 aliphatic carbocycles. The van der Waals surface area contributed by atoms with Crippen LogP contribution < -0.4 is 5.32 Å². The summed E-state index contributed by atoms with van der Waals surface area (Å²) < 4.78 is 4.26. The van der Waals surface area contributed by atoms with Crippen LogP contribution in [0.4, 0.5) is 0 Å². The molecule has 1 atom stereocenters. The number of fused-ring (bicyclic) bond motifs is 1. The highest BCUT2D eigenvalue weighted by Crippen LogP contribution is 2.32. The molecule has 1 unspecified atom stereocenters.